The van der Waals surface area contributed by atoms with Gasteiger partial charge in [-0.1, -0.05) is 62.4 Å². The maximum atomic E-state index is 13.5. The Balaban J connectivity index is 1.34. The number of methoxy groups -OCH3 is 2. The van der Waals surface area contributed by atoms with Crippen LogP contribution in [0, 0.1) is 0 Å². The Kier molecular flexibility index (Phi) is 8.11. The molecule has 0 unspecified atom stereocenters. The first-order valence-corrected chi connectivity index (χ1v) is 14.7. The quantitative estimate of drug-likeness (QED) is 0.113. The van der Waals surface area contributed by atoms with E-state index in [4.69, 9.17) is 23.7 Å². The van der Waals surface area contributed by atoms with E-state index in [1.807, 2.05) is 54.6 Å². The first kappa shape index (κ1) is 29.1. The zero-order valence-electron chi connectivity index (χ0n) is 25.2. The van der Waals surface area contributed by atoms with Gasteiger partial charge in [-0.25, -0.2) is 0 Å². The highest BCUT2D eigenvalue weighted by Gasteiger charge is 2.39. The smallest absolute Gasteiger partial charge is 0.312 e. The van der Waals surface area contributed by atoms with Crippen LogP contribution in [0.5, 0.6) is 28.7 Å². The lowest BCUT2D eigenvalue weighted by Gasteiger charge is -2.28. The largest absolute Gasteiger partial charge is 0.497 e. The van der Waals surface area contributed by atoms with Crippen molar-refractivity contribution in [3.8, 4) is 28.7 Å². The average molecular weight is 591 g/mol. The van der Waals surface area contributed by atoms with E-state index >= 15 is 0 Å². The van der Waals surface area contributed by atoms with E-state index in [1.165, 1.54) is 5.56 Å². The number of ether oxygens (including phenoxy) is 5. The summed E-state index contributed by atoms with van der Waals surface area (Å²) in [4.78, 5) is 26.3. The van der Waals surface area contributed by atoms with Crippen LogP contribution < -0.4 is 23.7 Å². The molecule has 0 aromatic heterocycles. The molecule has 4 aromatic rings. The predicted octanol–water partition coefficient (Wildman–Crippen LogP) is 7.51. The number of carbonyl (C=O) groups is 2. The first-order chi connectivity index (χ1) is 21.4. The SMILES string of the molecule is COc1ccc(CCOc2c(OC)cccc2[C@H]2CC(=O)Oc3ccc4c(c32)O/C(=C\c2ccc(C(C)C)cc2)C4=O)cc1. The second-order valence-electron chi connectivity index (χ2n) is 11.2. The molecule has 6 rings (SSSR count). The highest BCUT2D eigenvalue weighted by molar-refractivity contribution is 6.15. The van der Waals surface area contributed by atoms with Crippen molar-refractivity contribution in [3.05, 3.63) is 118 Å². The van der Waals surface area contributed by atoms with Gasteiger partial charge in [0, 0.05) is 23.5 Å². The fraction of sp³-hybridized carbons (Fsp3) is 0.243. The van der Waals surface area contributed by atoms with Gasteiger partial charge in [0.05, 0.1) is 32.8 Å². The first-order valence-electron chi connectivity index (χ1n) is 14.7. The molecule has 0 amide bonds. The van der Waals surface area contributed by atoms with Crippen LogP contribution in [-0.2, 0) is 11.2 Å². The molecule has 0 saturated carbocycles. The number of rotatable bonds is 9. The van der Waals surface area contributed by atoms with Crippen LogP contribution >= 0.6 is 0 Å². The Morgan fingerprint density at radius 3 is 2.36 bits per heavy atom. The molecule has 7 nitrogen and oxygen atoms in total. The summed E-state index contributed by atoms with van der Waals surface area (Å²) < 4.78 is 29.2. The molecule has 2 aliphatic rings. The Bertz CT molecular complexity index is 1730. The summed E-state index contributed by atoms with van der Waals surface area (Å²) >= 11 is 0. The number of allylic oxidation sites excluding steroid dienone is 1. The summed E-state index contributed by atoms with van der Waals surface area (Å²) in [6, 6.07) is 24.8. The maximum absolute atomic E-state index is 13.5. The van der Waals surface area contributed by atoms with Crippen molar-refractivity contribution in [1.82, 2.24) is 0 Å². The van der Waals surface area contributed by atoms with Crippen molar-refractivity contribution in [2.45, 2.75) is 38.5 Å². The molecule has 224 valence electrons. The molecule has 0 saturated heterocycles. The molecule has 0 aliphatic carbocycles. The summed E-state index contributed by atoms with van der Waals surface area (Å²) in [6.07, 6.45) is 2.46. The number of benzene rings is 4. The molecule has 0 radical (unpaired) electrons. The van der Waals surface area contributed by atoms with Gasteiger partial charge in [0.25, 0.3) is 0 Å². The Labute approximate surface area is 257 Å². The lowest BCUT2D eigenvalue weighted by molar-refractivity contribution is -0.135. The molecule has 1 atom stereocenters. The summed E-state index contributed by atoms with van der Waals surface area (Å²) in [5.74, 6) is 2.21. The van der Waals surface area contributed by atoms with Crippen molar-refractivity contribution in [3.63, 3.8) is 0 Å². The lowest BCUT2D eigenvalue weighted by atomic mass is 9.84. The maximum Gasteiger partial charge on any atom is 0.312 e. The van der Waals surface area contributed by atoms with Gasteiger partial charge >= 0.3 is 5.97 Å². The topological polar surface area (TPSA) is 80.3 Å². The van der Waals surface area contributed by atoms with Gasteiger partial charge in [0.2, 0.25) is 5.78 Å². The van der Waals surface area contributed by atoms with Gasteiger partial charge in [-0.3, -0.25) is 9.59 Å². The van der Waals surface area contributed by atoms with E-state index in [0.29, 0.717) is 53.1 Å². The molecule has 44 heavy (non-hydrogen) atoms. The van der Waals surface area contributed by atoms with Crippen LogP contribution in [0.2, 0.25) is 0 Å². The Morgan fingerprint density at radius 1 is 0.886 bits per heavy atom. The van der Waals surface area contributed by atoms with E-state index in [9.17, 15) is 9.59 Å². The molecule has 4 aromatic carbocycles. The van der Waals surface area contributed by atoms with Crippen molar-refractivity contribution < 1.29 is 33.3 Å². The minimum Gasteiger partial charge on any atom is -0.497 e. The van der Waals surface area contributed by atoms with Crippen molar-refractivity contribution in [2.75, 3.05) is 20.8 Å². The third-order valence-corrected chi connectivity index (χ3v) is 8.08. The second-order valence-corrected chi connectivity index (χ2v) is 11.2. The molecule has 0 fully saturated rings. The number of ketones is 1. The molecular formula is C37H34O7. The highest BCUT2D eigenvalue weighted by Crippen LogP contribution is 2.51. The molecule has 0 N–H and O–H groups in total. The number of esters is 1. The Hall–Kier alpha value is -5.04. The summed E-state index contributed by atoms with van der Waals surface area (Å²) in [5, 5.41) is 0. The number of Topliss-reactive ketones (excluding diaryl/α,β-unsaturated/α-hetero) is 1. The zero-order chi connectivity index (χ0) is 30.8. The van der Waals surface area contributed by atoms with Crippen LogP contribution in [0.4, 0.5) is 0 Å². The molecular weight excluding hydrogens is 556 g/mol. The second kappa shape index (κ2) is 12.3. The van der Waals surface area contributed by atoms with Gasteiger partial charge in [0.15, 0.2) is 17.3 Å². The van der Waals surface area contributed by atoms with Crippen LogP contribution in [0.15, 0.2) is 84.6 Å². The lowest BCUT2D eigenvalue weighted by Crippen LogP contribution is -2.22. The molecule has 0 spiro atoms. The number of fused-ring (bicyclic) bond motifs is 3. The minimum absolute atomic E-state index is 0.0543. The standard InChI is InChI=1S/C37H34O7/c1-22(2)25-12-8-24(9-13-25)20-32-35(39)28-16-17-30-34(37(28)44-32)29(21-33(38)43-30)27-6-5-7-31(41-4)36(27)42-19-18-23-10-14-26(40-3)15-11-23/h5-17,20,22,29H,18-19,21H2,1-4H3/b32-20-/t29-/m1/s1. The van der Waals surface area contributed by atoms with Crippen LogP contribution in [0.25, 0.3) is 6.08 Å². The van der Waals surface area contributed by atoms with Gasteiger partial charge in [-0.05, 0) is 59.0 Å². The van der Waals surface area contributed by atoms with E-state index < -0.39 is 5.92 Å². The highest BCUT2D eigenvalue weighted by atomic mass is 16.5. The minimum atomic E-state index is -0.482. The number of hydrogen-bond acceptors (Lipinski definition) is 7. The van der Waals surface area contributed by atoms with Gasteiger partial charge < -0.3 is 23.7 Å². The van der Waals surface area contributed by atoms with Gasteiger partial charge in [-0.15, -0.1) is 0 Å². The monoisotopic (exact) mass is 590 g/mol. The molecule has 2 aliphatic heterocycles. The fourth-order valence-corrected chi connectivity index (χ4v) is 5.69. The van der Waals surface area contributed by atoms with Crippen LogP contribution in [0.3, 0.4) is 0 Å². The van der Waals surface area contributed by atoms with E-state index in [2.05, 4.69) is 26.0 Å². The summed E-state index contributed by atoms with van der Waals surface area (Å²) in [5.41, 5.74) is 5.00. The van der Waals surface area contributed by atoms with Crippen LogP contribution in [-0.4, -0.2) is 32.6 Å². The van der Waals surface area contributed by atoms with Gasteiger partial charge in [0.1, 0.15) is 17.2 Å². The van der Waals surface area contributed by atoms with Crippen molar-refractivity contribution >= 4 is 17.8 Å². The number of para-hydroxylation sites is 1. The van der Waals surface area contributed by atoms with E-state index in [0.717, 1.165) is 22.4 Å². The number of hydrogen-bond donors (Lipinski definition) is 0. The van der Waals surface area contributed by atoms with Gasteiger partial charge in [-0.2, -0.15) is 0 Å². The molecule has 0 bridgehead atoms. The van der Waals surface area contributed by atoms with Crippen LogP contribution in [0.1, 0.15) is 70.3 Å². The Morgan fingerprint density at radius 2 is 1.66 bits per heavy atom. The van der Waals surface area contributed by atoms with E-state index in [1.54, 1.807) is 32.4 Å². The normalized spacial score (nSPS) is 16.3. The summed E-state index contributed by atoms with van der Waals surface area (Å²) in [7, 11) is 3.22. The number of carbonyl (C=O) groups excluding carboxylic acids is 2. The predicted molar refractivity (Wildman–Crippen MR) is 167 cm³/mol. The fourth-order valence-electron chi connectivity index (χ4n) is 5.69. The summed E-state index contributed by atoms with van der Waals surface area (Å²) in [6.45, 7) is 4.66. The molecule has 2 heterocycles. The van der Waals surface area contributed by atoms with Crippen molar-refractivity contribution in [2.24, 2.45) is 0 Å². The third kappa shape index (κ3) is 5.65. The van der Waals surface area contributed by atoms with E-state index in [-0.39, 0.29) is 23.9 Å². The third-order valence-electron chi connectivity index (χ3n) is 8.08. The van der Waals surface area contributed by atoms with Crippen molar-refractivity contribution in [1.29, 1.82) is 0 Å². The molecule has 7 heteroatoms. The zero-order valence-corrected chi connectivity index (χ0v) is 25.2. The average Bonchev–Trinajstić information content (AvgIpc) is 3.35.